The van der Waals surface area contributed by atoms with E-state index in [4.69, 9.17) is 19.9 Å². The number of nitrogens with zero attached hydrogens (tertiary/aromatic N) is 3. The van der Waals surface area contributed by atoms with Gasteiger partial charge in [-0.3, -0.25) is 0 Å². The van der Waals surface area contributed by atoms with Crippen molar-refractivity contribution in [3.63, 3.8) is 0 Å². The molecule has 0 aliphatic heterocycles. The predicted molar refractivity (Wildman–Crippen MR) is 137 cm³/mol. The molecule has 5 rings (SSSR count). The third-order valence-corrected chi connectivity index (χ3v) is 5.75. The average molecular weight is 552 g/mol. The van der Waals surface area contributed by atoms with Gasteiger partial charge in [0.15, 0.2) is 5.82 Å². The highest BCUT2D eigenvalue weighted by Crippen LogP contribution is 2.37. The molecule has 1 atom stereocenters. The number of aromatic nitrogens is 3. The van der Waals surface area contributed by atoms with Gasteiger partial charge in [0, 0.05) is 6.07 Å². The summed E-state index contributed by atoms with van der Waals surface area (Å²) >= 11 is 0. The van der Waals surface area contributed by atoms with Gasteiger partial charge in [0.25, 0.3) is 6.36 Å². The van der Waals surface area contributed by atoms with Crippen molar-refractivity contribution in [1.82, 2.24) is 14.5 Å². The number of carbonyl (C=O) groups is 1. The van der Waals surface area contributed by atoms with Crippen LogP contribution in [0.5, 0.6) is 17.4 Å². The van der Waals surface area contributed by atoms with E-state index in [2.05, 4.69) is 9.97 Å². The number of nitrogens with two attached hydrogens (primary N) is 1. The SMILES string of the molecule is NC(=O)Oc1ccc(-c2cc3ncnc(OC(F)C(F)F)c3n2-c2ccc(OCc3ccccc3)cc2F)cc1. The molecule has 0 saturated heterocycles. The predicted octanol–water partition coefficient (Wildman–Crippen LogP) is 6.20. The molecule has 2 heterocycles. The summed E-state index contributed by atoms with van der Waals surface area (Å²) in [6.45, 7) is 0.203. The van der Waals surface area contributed by atoms with Crippen LogP contribution in [-0.2, 0) is 6.61 Å². The second-order valence-corrected chi connectivity index (χ2v) is 8.41. The number of rotatable bonds is 9. The Bertz CT molecular complexity index is 1650. The molecule has 12 heteroatoms. The van der Waals surface area contributed by atoms with Gasteiger partial charge >= 0.3 is 12.5 Å². The van der Waals surface area contributed by atoms with Gasteiger partial charge in [0.2, 0.25) is 5.88 Å². The normalized spacial score (nSPS) is 11.9. The number of hydrogen-bond donors (Lipinski definition) is 1. The molecular formula is C28H20F4N4O4. The minimum Gasteiger partial charge on any atom is -0.489 e. The Balaban J connectivity index is 1.61. The van der Waals surface area contributed by atoms with Gasteiger partial charge in [-0.1, -0.05) is 30.3 Å². The topological polar surface area (TPSA) is 101 Å². The summed E-state index contributed by atoms with van der Waals surface area (Å²) in [5.41, 5.74) is 6.83. The standard InChI is InChI=1S/C28H20F4N4O4/c29-20-12-19(38-14-16-4-2-1-3-5-16)10-11-22(20)36-23(17-6-8-18(9-7-17)39-28(33)37)13-21-24(36)27(35-15-34-21)40-26(32)25(30)31/h1-13,15,25-26H,14H2,(H2,33,37). The molecule has 1 unspecified atom stereocenters. The molecule has 0 bridgehead atoms. The molecule has 0 aliphatic carbocycles. The first-order chi connectivity index (χ1) is 19.3. The van der Waals surface area contributed by atoms with Crippen LogP contribution in [-0.4, -0.2) is 33.4 Å². The molecule has 2 aromatic heterocycles. The lowest BCUT2D eigenvalue weighted by Crippen LogP contribution is -2.20. The summed E-state index contributed by atoms with van der Waals surface area (Å²) in [6, 6.07) is 21.0. The van der Waals surface area contributed by atoms with Crippen molar-refractivity contribution in [2.45, 2.75) is 19.4 Å². The van der Waals surface area contributed by atoms with Crippen molar-refractivity contribution >= 4 is 17.1 Å². The van der Waals surface area contributed by atoms with Crippen LogP contribution in [0.2, 0.25) is 0 Å². The lowest BCUT2D eigenvalue weighted by atomic mass is 10.1. The van der Waals surface area contributed by atoms with E-state index in [1.54, 1.807) is 12.1 Å². The minimum atomic E-state index is -3.44. The smallest absolute Gasteiger partial charge is 0.409 e. The molecule has 0 aliphatic rings. The van der Waals surface area contributed by atoms with Crippen molar-refractivity contribution in [2.75, 3.05) is 0 Å². The van der Waals surface area contributed by atoms with Crippen LogP contribution >= 0.6 is 0 Å². The van der Waals surface area contributed by atoms with E-state index in [-0.39, 0.29) is 34.8 Å². The van der Waals surface area contributed by atoms with Crippen LogP contribution in [0.25, 0.3) is 28.0 Å². The number of fused-ring (bicyclic) bond motifs is 1. The monoisotopic (exact) mass is 552 g/mol. The third-order valence-electron chi connectivity index (χ3n) is 5.75. The Labute approximate surface area is 224 Å². The van der Waals surface area contributed by atoms with Crippen LogP contribution in [0.3, 0.4) is 0 Å². The molecular weight excluding hydrogens is 532 g/mol. The first-order valence-electron chi connectivity index (χ1n) is 11.8. The zero-order chi connectivity index (χ0) is 28.2. The summed E-state index contributed by atoms with van der Waals surface area (Å²) in [4.78, 5) is 19.0. The Morgan fingerprint density at radius 1 is 0.925 bits per heavy atom. The molecule has 5 aromatic rings. The number of benzene rings is 3. The van der Waals surface area contributed by atoms with Gasteiger partial charge in [0.05, 0.1) is 16.9 Å². The molecule has 0 radical (unpaired) electrons. The molecule has 3 aromatic carbocycles. The van der Waals surface area contributed by atoms with E-state index in [1.807, 2.05) is 30.3 Å². The number of primary amides is 1. The van der Waals surface area contributed by atoms with Crippen LogP contribution in [0.4, 0.5) is 22.4 Å². The van der Waals surface area contributed by atoms with Crippen molar-refractivity contribution in [1.29, 1.82) is 0 Å². The molecule has 2 N–H and O–H groups in total. The van der Waals surface area contributed by atoms with Crippen molar-refractivity contribution in [3.05, 3.63) is 96.6 Å². The van der Waals surface area contributed by atoms with E-state index in [0.29, 0.717) is 11.3 Å². The molecule has 0 fully saturated rings. The highest BCUT2D eigenvalue weighted by atomic mass is 19.3. The van der Waals surface area contributed by atoms with E-state index in [0.717, 1.165) is 11.9 Å². The number of amides is 1. The van der Waals surface area contributed by atoms with Gasteiger partial charge in [-0.15, -0.1) is 0 Å². The summed E-state index contributed by atoms with van der Waals surface area (Å²) in [6.07, 6.45) is -6.41. The fraction of sp³-hybridized carbons (Fsp3) is 0.107. The number of ether oxygens (including phenoxy) is 3. The Morgan fingerprint density at radius 3 is 2.33 bits per heavy atom. The van der Waals surface area contributed by atoms with Gasteiger partial charge in [-0.2, -0.15) is 9.37 Å². The molecule has 0 spiro atoms. The fourth-order valence-corrected chi connectivity index (χ4v) is 4.02. The zero-order valence-corrected chi connectivity index (χ0v) is 20.5. The van der Waals surface area contributed by atoms with Gasteiger partial charge in [-0.05, 0) is 53.6 Å². The fourth-order valence-electron chi connectivity index (χ4n) is 4.02. The maximum absolute atomic E-state index is 15.6. The number of hydrogen-bond acceptors (Lipinski definition) is 6. The van der Waals surface area contributed by atoms with Gasteiger partial charge in [-0.25, -0.2) is 22.9 Å². The molecule has 1 amide bonds. The summed E-state index contributed by atoms with van der Waals surface area (Å²) in [5, 5.41) is 0. The van der Waals surface area contributed by atoms with Crippen LogP contribution < -0.4 is 19.9 Å². The first kappa shape index (κ1) is 26.5. The van der Waals surface area contributed by atoms with E-state index >= 15 is 4.39 Å². The average Bonchev–Trinajstić information content (AvgIpc) is 3.33. The number of alkyl halides is 3. The first-order valence-corrected chi connectivity index (χ1v) is 11.8. The molecule has 0 saturated carbocycles. The largest absolute Gasteiger partial charge is 0.489 e. The Kier molecular flexibility index (Phi) is 7.49. The Hall–Kier alpha value is -5.13. The summed E-state index contributed by atoms with van der Waals surface area (Å²) in [7, 11) is 0. The number of halogens is 4. The van der Waals surface area contributed by atoms with Crippen LogP contribution in [0, 0.1) is 5.82 Å². The maximum Gasteiger partial charge on any atom is 0.409 e. The highest BCUT2D eigenvalue weighted by Gasteiger charge is 2.26. The summed E-state index contributed by atoms with van der Waals surface area (Å²) in [5.74, 6) is -0.851. The lowest BCUT2D eigenvalue weighted by Gasteiger charge is -2.16. The van der Waals surface area contributed by atoms with E-state index in [9.17, 15) is 18.0 Å². The third kappa shape index (κ3) is 5.65. The zero-order valence-electron chi connectivity index (χ0n) is 20.5. The molecule has 204 valence electrons. The quantitative estimate of drug-likeness (QED) is 0.219. The highest BCUT2D eigenvalue weighted by molar-refractivity contribution is 5.89. The maximum atomic E-state index is 15.6. The van der Waals surface area contributed by atoms with Crippen LogP contribution in [0.15, 0.2) is 85.2 Å². The molecule has 40 heavy (non-hydrogen) atoms. The van der Waals surface area contributed by atoms with Gasteiger partial charge < -0.3 is 24.5 Å². The second kappa shape index (κ2) is 11.3. The summed E-state index contributed by atoms with van der Waals surface area (Å²) < 4.78 is 72.2. The van der Waals surface area contributed by atoms with Crippen molar-refractivity contribution in [2.24, 2.45) is 5.73 Å². The van der Waals surface area contributed by atoms with E-state index in [1.165, 1.54) is 41.0 Å². The van der Waals surface area contributed by atoms with Gasteiger partial charge in [0.1, 0.15) is 29.9 Å². The number of carbonyl (C=O) groups excluding carboxylic acids is 1. The lowest BCUT2D eigenvalue weighted by molar-refractivity contribution is -0.0683. The van der Waals surface area contributed by atoms with E-state index < -0.39 is 30.6 Å². The molecule has 8 nitrogen and oxygen atoms in total. The second-order valence-electron chi connectivity index (χ2n) is 8.41. The van der Waals surface area contributed by atoms with Crippen molar-refractivity contribution in [3.8, 4) is 34.3 Å². The minimum absolute atomic E-state index is 0.0402. The van der Waals surface area contributed by atoms with Crippen LogP contribution in [0.1, 0.15) is 5.56 Å². The van der Waals surface area contributed by atoms with Crippen molar-refractivity contribution < 1.29 is 36.6 Å². The Morgan fingerprint density at radius 2 is 1.65 bits per heavy atom.